The number of phenolic OH excluding ortho intramolecular Hbond substituents is 1. The number of benzene rings is 1. The first-order chi connectivity index (χ1) is 11.5. The number of methoxy groups -OCH3 is 1. The molecule has 0 fully saturated rings. The SMILES string of the molecule is CCOC(=O)Cc1csc(NN=Cc2cc(O)c(OC)cc2Br)n1. The molecule has 9 heteroatoms. The molecule has 0 amide bonds. The van der Waals surface area contributed by atoms with Crippen LogP contribution in [0, 0.1) is 0 Å². The van der Waals surface area contributed by atoms with Gasteiger partial charge in [0.05, 0.1) is 32.0 Å². The number of anilines is 1. The topological polar surface area (TPSA) is 93.0 Å². The Bertz CT molecular complexity index is 748. The summed E-state index contributed by atoms with van der Waals surface area (Å²) < 4.78 is 10.6. The Morgan fingerprint density at radius 1 is 1.54 bits per heavy atom. The summed E-state index contributed by atoms with van der Waals surface area (Å²) in [6.07, 6.45) is 1.67. The Morgan fingerprint density at radius 2 is 2.33 bits per heavy atom. The summed E-state index contributed by atoms with van der Waals surface area (Å²) in [6.45, 7) is 2.11. The van der Waals surface area contributed by atoms with Crippen molar-refractivity contribution >= 4 is 44.6 Å². The standard InChI is InChI=1S/C15H16BrN3O4S/c1-3-23-14(21)5-10-8-24-15(18-10)19-17-7-9-4-12(20)13(22-2)6-11(9)16/h4,6-8,20H,3,5H2,1-2H3,(H,18,19). The normalized spacial score (nSPS) is 10.8. The first kappa shape index (κ1) is 18.2. The van der Waals surface area contributed by atoms with Crippen LogP contribution in [0.5, 0.6) is 11.5 Å². The summed E-state index contributed by atoms with van der Waals surface area (Å²) in [7, 11) is 1.48. The molecule has 1 heterocycles. The van der Waals surface area contributed by atoms with E-state index in [1.807, 2.05) is 0 Å². The lowest BCUT2D eigenvalue weighted by atomic mass is 10.2. The van der Waals surface area contributed by atoms with Crippen molar-refractivity contribution in [3.8, 4) is 11.5 Å². The summed E-state index contributed by atoms with van der Waals surface area (Å²) in [4.78, 5) is 15.6. The summed E-state index contributed by atoms with van der Waals surface area (Å²) in [5, 5.41) is 16.2. The number of rotatable bonds is 7. The monoisotopic (exact) mass is 413 g/mol. The molecular formula is C15H16BrN3O4S. The zero-order chi connectivity index (χ0) is 17.5. The van der Waals surface area contributed by atoms with Gasteiger partial charge in [-0.05, 0) is 35.0 Å². The van der Waals surface area contributed by atoms with Gasteiger partial charge in [-0.1, -0.05) is 0 Å². The molecule has 0 unspecified atom stereocenters. The quantitative estimate of drug-likeness (QED) is 0.411. The van der Waals surface area contributed by atoms with Crippen molar-refractivity contribution in [2.45, 2.75) is 13.3 Å². The summed E-state index contributed by atoms with van der Waals surface area (Å²) in [6, 6.07) is 3.18. The van der Waals surface area contributed by atoms with Crippen molar-refractivity contribution in [2.75, 3.05) is 19.1 Å². The number of thiazole rings is 1. The number of ether oxygens (including phenoxy) is 2. The van der Waals surface area contributed by atoms with Gasteiger partial charge in [-0.15, -0.1) is 11.3 Å². The number of aromatic hydroxyl groups is 1. The fourth-order valence-corrected chi connectivity index (χ4v) is 2.86. The average molecular weight is 414 g/mol. The molecule has 0 aliphatic carbocycles. The molecule has 1 aromatic heterocycles. The summed E-state index contributed by atoms with van der Waals surface area (Å²) in [5.41, 5.74) is 4.08. The van der Waals surface area contributed by atoms with Crippen molar-refractivity contribution in [2.24, 2.45) is 5.10 Å². The maximum absolute atomic E-state index is 11.4. The van der Waals surface area contributed by atoms with Crippen LogP contribution in [0.1, 0.15) is 18.2 Å². The predicted molar refractivity (Wildman–Crippen MR) is 96.0 cm³/mol. The molecular weight excluding hydrogens is 398 g/mol. The number of nitrogens with one attached hydrogen (secondary N) is 1. The van der Waals surface area contributed by atoms with Gasteiger partial charge in [-0.2, -0.15) is 5.10 Å². The number of carbonyl (C=O) groups is 1. The average Bonchev–Trinajstić information content (AvgIpc) is 2.97. The molecule has 0 radical (unpaired) electrons. The van der Waals surface area contributed by atoms with E-state index in [2.05, 4.69) is 31.4 Å². The second-order valence-electron chi connectivity index (χ2n) is 4.54. The van der Waals surface area contributed by atoms with E-state index in [1.165, 1.54) is 30.7 Å². The van der Waals surface area contributed by atoms with Gasteiger partial charge in [-0.25, -0.2) is 4.98 Å². The summed E-state index contributed by atoms with van der Waals surface area (Å²) >= 11 is 4.71. The van der Waals surface area contributed by atoms with E-state index in [9.17, 15) is 9.90 Å². The number of aromatic nitrogens is 1. The van der Waals surface area contributed by atoms with Gasteiger partial charge in [0.1, 0.15) is 0 Å². The molecule has 0 saturated heterocycles. The highest BCUT2D eigenvalue weighted by Crippen LogP contribution is 2.31. The molecule has 128 valence electrons. The van der Waals surface area contributed by atoms with Crippen molar-refractivity contribution in [3.05, 3.63) is 33.2 Å². The zero-order valence-electron chi connectivity index (χ0n) is 13.1. The molecule has 0 atom stereocenters. The van der Waals surface area contributed by atoms with Crippen molar-refractivity contribution < 1.29 is 19.4 Å². The fraction of sp³-hybridized carbons (Fsp3) is 0.267. The van der Waals surface area contributed by atoms with E-state index in [4.69, 9.17) is 9.47 Å². The first-order valence-electron chi connectivity index (χ1n) is 6.99. The zero-order valence-corrected chi connectivity index (χ0v) is 15.5. The number of hydrogen-bond acceptors (Lipinski definition) is 8. The number of halogens is 1. The number of esters is 1. The Balaban J connectivity index is 1.98. The van der Waals surface area contributed by atoms with Crippen molar-refractivity contribution in [1.29, 1.82) is 0 Å². The minimum Gasteiger partial charge on any atom is -0.504 e. The van der Waals surface area contributed by atoms with Gasteiger partial charge < -0.3 is 14.6 Å². The van der Waals surface area contributed by atoms with E-state index >= 15 is 0 Å². The van der Waals surface area contributed by atoms with Crippen LogP contribution in [-0.2, 0) is 16.0 Å². The number of hydrogen-bond donors (Lipinski definition) is 2. The van der Waals surface area contributed by atoms with Crippen LogP contribution < -0.4 is 10.2 Å². The summed E-state index contributed by atoms with van der Waals surface area (Å²) in [5.74, 6) is 0.0825. The van der Waals surface area contributed by atoms with Crippen LogP contribution in [0.4, 0.5) is 5.13 Å². The van der Waals surface area contributed by atoms with E-state index in [-0.39, 0.29) is 18.1 Å². The van der Waals surface area contributed by atoms with Gasteiger partial charge in [-0.3, -0.25) is 10.2 Å². The largest absolute Gasteiger partial charge is 0.504 e. The lowest BCUT2D eigenvalue weighted by molar-refractivity contribution is -0.142. The molecule has 0 aliphatic rings. The third-order valence-corrected chi connectivity index (χ3v) is 4.33. The fourth-order valence-electron chi connectivity index (χ4n) is 1.78. The third kappa shape index (κ3) is 4.93. The first-order valence-corrected chi connectivity index (χ1v) is 8.66. The van der Waals surface area contributed by atoms with Gasteiger partial charge >= 0.3 is 5.97 Å². The molecule has 1 aromatic carbocycles. The maximum Gasteiger partial charge on any atom is 0.311 e. The highest BCUT2D eigenvalue weighted by atomic mass is 79.9. The molecule has 0 aliphatic heterocycles. The van der Waals surface area contributed by atoms with Crippen molar-refractivity contribution in [3.63, 3.8) is 0 Å². The minimum atomic E-state index is -0.310. The van der Waals surface area contributed by atoms with E-state index in [0.29, 0.717) is 28.7 Å². The van der Waals surface area contributed by atoms with E-state index in [1.54, 1.807) is 18.4 Å². The lowest BCUT2D eigenvalue weighted by Gasteiger charge is -2.05. The second kappa shape index (κ2) is 8.65. The Labute approximate surface area is 151 Å². The van der Waals surface area contributed by atoms with E-state index < -0.39 is 0 Å². The van der Waals surface area contributed by atoms with Crippen molar-refractivity contribution in [1.82, 2.24) is 4.98 Å². The van der Waals surface area contributed by atoms with Gasteiger partial charge in [0, 0.05) is 15.4 Å². The lowest BCUT2D eigenvalue weighted by Crippen LogP contribution is -2.07. The highest BCUT2D eigenvalue weighted by Gasteiger charge is 2.08. The number of phenols is 1. The van der Waals surface area contributed by atoms with Gasteiger partial charge in [0.2, 0.25) is 5.13 Å². The maximum atomic E-state index is 11.4. The van der Waals surface area contributed by atoms with Crippen LogP contribution in [0.15, 0.2) is 27.1 Å². The van der Waals surface area contributed by atoms with Gasteiger partial charge in [0.15, 0.2) is 11.5 Å². The van der Waals surface area contributed by atoms with Crippen LogP contribution in [-0.4, -0.2) is 36.0 Å². The molecule has 0 saturated carbocycles. The van der Waals surface area contributed by atoms with E-state index in [0.717, 1.165) is 4.47 Å². The molecule has 2 rings (SSSR count). The molecule has 7 nitrogen and oxygen atoms in total. The van der Waals surface area contributed by atoms with Crippen LogP contribution >= 0.6 is 27.3 Å². The Hall–Kier alpha value is -2.13. The highest BCUT2D eigenvalue weighted by molar-refractivity contribution is 9.10. The Morgan fingerprint density at radius 3 is 3.04 bits per heavy atom. The number of hydrazone groups is 1. The molecule has 24 heavy (non-hydrogen) atoms. The molecule has 2 N–H and O–H groups in total. The number of nitrogens with zero attached hydrogens (tertiary/aromatic N) is 2. The molecule has 0 bridgehead atoms. The van der Waals surface area contributed by atoms with Crippen LogP contribution in [0.2, 0.25) is 0 Å². The minimum absolute atomic E-state index is 0.0214. The molecule has 0 spiro atoms. The van der Waals surface area contributed by atoms with Crippen LogP contribution in [0.3, 0.4) is 0 Å². The smallest absolute Gasteiger partial charge is 0.311 e. The molecule has 2 aromatic rings. The third-order valence-electron chi connectivity index (χ3n) is 2.84. The van der Waals surface area contributed by atoms with Gasteiger partial charge in [0.25, 0.3) is 0 Å². The second-order valence-corrected chi connectivity index (χ2v) is 6.25. The predicted octanol–water partition coefficient (Wildman–Crippen LogP) is 3.17. The number of carbonyl (C=O) groups excluding carboxylic acids is 1. The Kier molecular flexibility index (Phi) is 6.56. The van der Waals surface area contributed by atoms with Crippen LogP contribution in [0.25, 0.3) is 0 Å².